The van der Waals surface area contributed by atoms with Gasteiger partial charge in [0, 0.05) is 18.5 Å². The van der Waals surface area contributed by atoms with Gasteiger partial charge in [0.15, 0.2) is 5.82 Å². The summed E-state index contributed by atoms with van der Waals surface area (Å²) < 4.78 is 12.1. The van der Waals surface area contributed by atoms with Gasteiger partial charge in [-0.1, -0.05) is 0 Å². The molecule has 0 fully saturated rings. The highest BCUT2D eigenvalue weighted by molar-refractivity contribution is 5.79. The third kappa shape index (κ3) is 2.39. The van der Waals surface area contributed by atoms with Crippen LogP contribution >= 0.6 is 0 Å². The molecule has 0 aliphatic carbocycles. The Morgan fingerprint density at radius 2 is 2.08 bits per heavy atom. The molecule has 8 nitrogen and oxygen atoms in total. The molecule has 24 heavy (non-hydrogen) atoms. The van der Waals surface area contributed by atoms with Gasteiger partial charge < -0.3 is 9.15 Å². The van der Waals surface area contributed by atoms with Gasteiger partial charge in [0.25, 0.3) is 5.89 Å². The molecule has 0 radical (unpaired) electrons. The summed E-state index contributed by atoms with van der Waals surface area (Å²) in [7, 11) is 1.55. The zero-order chi connectivity index (χ0) is 16.5. The van der Waals surface area contributed by atoms with Crippen LogP contribution in [0.1, 0.15) is 0 Å². The number of rotatable bonds is 3. The second kappa shape index (κ2) is 5.58. The van der Waals surface area contributed by atoms with E-state index in [1.807, 2.05) is 0 Å². The molecule has 0 saturated carbocycles. The maximum Gasteiger partial charge on any atom is 0.347 e. The lowest BCUT2D eigenvalue weighted by atomic mass is 10.2. The summed E-state index contributed by atoms with van der Waals surface area (Å²) >= 11 is 0. The Labute approximate surface area is 135 Å². The first-order valence-electron chi connectivity index (χ1n) is 7.06. The topological polar surface area (TPSA) is 95.9 Å². The zero-order valence-corrected chi connectivity index (χ0v) is 12.6. The molecule has 0 atom stereocenters. The second-order valence-electron chi connectivity index (χ2n) is 4.94. The van der Waals surface area contributed by atoms with Crippen molar-refractivity contribution in [2.24, 2.45) is 0 Å². The number of imidazole rings is 1. The Bertz CT molecular complexity index is 1060. The largest absolute Gasteiger partial charge is 0.497 e. The van der Waals surface area contributed by atoms with E-state index in [0.717, 1.165) is 0 Å². The van der Waals surface area contributed by atoms with Gasteiger partial charge in [-0.25, -0.2) is 14.8 Å². The Hall–Kier alpha value is -3.55. The summed E-state index contributed by atoms with van der Waals surface area (Å²) in [5.41, 5.74) is 0.347. The Balaban J connectivity index is 1.79. The van der Waals surface area contributed by atoms with Crippen molar-refractivity contribution in [2.75, 3.05) is 7.11 Å². The van der Waals surface area contributed by atoms with E-state index in [1.165, 1.54) is 0 Å². The van der Waals surface area contributed by atoms with Gasteiger partial charge in [0.2, 0.25) is 0 Å². The fourth-order valence-electron chi connectivity index (χ4n) is 2.26. The minimum atomic E-state index is -0.488. The third-order valence-electron chi connectivity index (χ3n) is 3.47. The molecule has 118 valence electrons. The molecule has 0 bridgehead atoms. The highest BCUT2D eigenvalue weighted by Gasteiger charge is 2.11. The molecule has 0 amide bonds. The Kier molecular flexibility index (Phi) is 3.27. The first kappa shape index (κ1) is 14.1. The summed E-state index contributed by atoms with van der Waals surface area (Å²) in [6, 6.07) is 8.38. The van der Waals surface area contributed by atoms with Gasteiger partial charge in [0.05, 0.1) is 18.0 Å². The molecular weight excluding hydrogens is 310 g/mol. The molecule has 4 rings (SSSR count). The van der Waals surface area contributed by atoms with Gasteiger partial charge >= 0.3 is 5.63 Å². The molecule has 0 unspecified atom stereocenters. The lowest BCUT2D eigenvalue weighted by Crippen LogP contribution is -2.05. The number of hydrogen-bond acceptors (Lipinski definition) is 7. The molecule has 0 aliphatic rings. The maximum atomic E-state index is 12.1. The van der Waals surface area contributed by atoms with Crippen molar-refractivity contribution in [1.29, 1.82) is 0 Å². The number of methoxy groups -OCH3 is 1. The average molecular weight is 321 g/mol. The number of ether oxygens (including phenoxy) is 1. The Morgan fingerprint density at radius 3 is 2.79 bits per heavy atom. The van der Waals surface area contributed by atoms with Crippen LogP contribution in [0.5, 0.6) is 5.75 Å². The predicted octanol–water partition coefficient (Wildman–Crippen LogP) is 1.84. The van der Waals surface area contributed by atoms with Crippen molar-refractivity contribution in [3.8, 4) is 23.2 Å². The molecular formula is C16H11N5O3. The van der Waals surface area contributed by atoms with E-state index in [-0.39, 0.29) is 5.89 Å². The molecule has 0 saturated heterocycles. The van der Waals surface area contributed by atoms with Crippen LogP contribution in [0.2, 0.25) is 0 Å². The van der Waals surface area contributed by atoms with Crippen LogP contribution < -0.4 is 10.4 Å². The highest BCUT2D eigenvalue weighted by atomic mass is 16.5. The molecule has 0 N–H and O–H groups in total. The number of fused-ring (bicyclic) bond motifs is 1. The lowest BCUT2D eigenvalue weighted by Gasteiger charge is -2.04. The summed E-state index contributed by atoms with van der Waals surface area (Å²) in [5, 5.41) is 8.54. The van der Waals surface area contributed by atoms with E-state index in [2.05, 4.69) is 20.2 Å². The summed E-state index contributed by atoms with van der Waals surface area (Å²) in [6.45, 7) is 0. The van der Waals surface area contributed by atoms with Crippen molar-refractivity contribution < 1.29 is 9.15 Å². The normalized spacial score (nSPS) is 10.9. The van der Waals surface area contributed by atoms with Crippen molar-refractivity contribution >= 4 is 10.9 Å². The lowest BCUT2D eigenvalue weighted by molar-refractivity contribution is 0.415. The van der Waals surface area contributed by atoms with Gasteiger partial charge in [-0.2, -0.15) is 0 Å². The average Bonchev–Trinajstić information content (AvgIpc) is 3.16. The van der Waals surface area contributed by atoms with Crippen molar-refractivity contribution in [3.05, 3.63) is 59.5 Å². The van der Waals surface area contributed by atoms with Crippen LogP contribution in [0.4, 0.5) is 0 Å². The van der Waals surface area contributed by atoms with E-state index in [0.29, 0.717) is 28.2 Å². The number of nitrogens with zero attached hydrogens (tertiary/aromatic N) is 5. The smallest absolute Gasteiger partial charge is 0.347 e. The monoisotopic (exact) mass is 321 g/mol. The van der Waals surface area contributed by atoms with E-state index >= 15 is 0 Å². The van der Waals surface area contributed by atoms with Crippen LogP contribution in [0, 0.1) is 0 Å². The third-order valence-corrected chi connectivity index (χ3v) is 3.47. The van der Waals surface area contributed by atoms with Crippen molar-refractivity contribution in [2.45, 2.75) is 0 Å². The number of aromatic nitrogens is 5. The van der Waals surface area contributed by atoms with E-state index in [9.17, 15) is 4.79 Å². The van der Waals surface area contributed by atoms with E-state index in [4.69, 9.17) is 9.15 Å². The first-order valence-corrected chi connectivity index (χ1v) is 7.06. The van der Waals surface area contributed by atoms with Gasteiger partial charge in [-0.05, 0) is 24.3 Å². The minimum absolute atomic E-state index is 0.102. The fraction of sp³-hybridized carbons (Fsp3) is 0.0625. The van der Waals surface area contributed by atoms with Crippen LogP contribution in [-0.4, -0.2) is 31.8 Å². The van der Waals surface area contributed by atoms with Gasteiger partial charge in [-0.15, -0.1) is 10.2 Å². The summed E-state index contributed by atoms with van der Waals surface area (Å²) in [6.07, 6.45) is 5.02. The van der Waals surface area contributed by atoms with E-state index in [1.54, 1.807) is 60.7 Å². The van der Waals surface area contributed by atoms with E-state index < -0.39 is 5.63 Å². The fourth-order valence-corrected chi connectivity index (χ4v) is 2.26. The Morgan fingerprint density at radius 1 is 1.17 bits per heavy atom. The molecule has 0 spiro atoms. The molecule has 0 aliphatic heterocycles. The first-order chi connectivity index (χ1) is 11.7. The summed E-state index contributed by atoms with van der Waals surface area (Å²) in [4.78, 5) is 20.4. The SMILES string of the molecule is COc1ccc2c(=O)oc(-c3ccc(-n4ccnc4)nn3)nc2c1. The van der Waals surface area contributed by atoms with Crippen LogP contribution in [0.3, 0.4) is 0 Å². The van der Waals surface area contributed by atoms with Crippen LogP contribution in [0.25, 0.3) is 28.3 Å². The zero-order valence-electron chi connectivity index (χ0n) is 12.6. The minimum Gasteiger partial charge on any atom is -0.497 e. The van der Waals surface area contributed by atoms with Crippen LogP contribution in [0.15, 0.2) is 58.3 Å². The maximum absolute atomic E-state index is 12.1. The van der Waals surface area contributed by atoms with Crippen LogP contribution in [-0.2, 0) is 0 Å². The predicted molar refractivity (Wildman–Crippen MR) is 85.0 cm³/mol. The summed E-state index contributed by atoms with van der Waals surface area (Å²) in [5.74, 6) is 1.31. The van der Waals surface area contributed by atoms with Gasteiger partial charge in [-0.3, -0.25) is 4.57 Å². The number of benzene rings is 1. The molecule has 3 aromatic heterocycles. The van der Waals surface area contributed by atoms with Gasteiger partial charge in [0.1, 0.15) is 17.8 Å². The van der Waals surface area contributed by atoms with Crippen molar-refractivity contribution in [3.63, 3.8) is 0 Å². The quantitative estimate of drug-likeness (QED) is 0.568. The molecule has 3 heterocycles. The van der Waals surface area contributed by atoms with Crippen molar-refractivity contribution in [1.82, 2.24) is 24.7 Å². The number of hydrogen-bond donors (Lipinski definition) is 0. The highest BCUT2D eigenvalue weighted by Crippen LogP contribution is 2.20. The molecule has 1 aromatic carbocycles. The molecule has 8 heteroatoms. The standard InChI is InChI=1S/C16H11N5O3/c1-23-10-2-3-11-13(8-10)18-15(24-16(11)22)12-4-5-14(20-19-12)21-7-6-17-9-21/h2-9H,1H3. The second-order valence-corrected chi connectivity index (χ2v) is 4.94. The molecule has 4 aromatic rings.